The van der Waals surface area contributed by atoms with Crippen LogP contribution in [0.25, 0.3) is 0 Å². The van der Waals surface area contributed by atoms with Gasteiger partial charge in [0.25, 0.3) is 5.91 Å². The Morgan fingerprint density at radius 3 is 2.50 bits per heavy atom. The quantitative estimate of drug-likeness (QED) is 0.724. The Morgan fingerprint density at radius 1 is 1.07 bits per heavy atom. The Morgan fingerprint density at radius 2 is 1.80 bits per heavy atom. The van der Waals surface area contributed by atoms with Gasteiger partial charge in [0.1, 0.15) is 0 Å². The van der Waals surface area contributed by atoms with Crippen molar-refractivity contribution in [1.29, 1.82) is 0 Å². The predicted molar refractivity (Wildman–Crippen MR) is 119 cm³/mol. The molecule has 1 aliphatic heterocycles. The van der Waals surface area contributed by atoms with Crippen molar-refractivity contribution in [3.63, 3.8) is 0 Å². The lowest BCUT2D eigenvalue weighted by Crippen LogP contribution is -2.29. The van der Waals surface area contributed by atoms with E-state index < -0.39 is 0 Å². The van der Waals surface area contributed by atoms with Crippen LogP contribution in [0.2, 0.25) is 0 Å². The number of carbonyl (C=O) groups excluding carboxylic acids is 3. The number of unbranched alkanes of at least 4 members (excludes halogenated alkanes) is 1. The molecule has 2 aromatic rings. The van der Waals surface area contributed by atoms with Gasteiger partial charge < -0.3 is 15.5 Å². The number of amides is 3. The molecule has 1 fully saturated rings. The van der Waals surface area contributed by atoms with E-state index >= 15 is 0 Å². The number of hydrogen-bond acceptors (Lipinski definition) is 3. The topological polar surface area (TPSA) is 78.5 Å². The maximum absolute atomic E-state index is 12.5. The van der Waals surface area contributed by atoms with Crippen LogP contribution in [0.15, 0.2) is 42.5 Å². The largest absolute Gasteiger partial charge is 0.342 e. The number of carbonyl (C=O) groups is 3. The molecule has 6 nitrogen and oxygen atoms in total. The molecule has 3 rings (SSSR count). The molecule has 158 valence electrons. The number of aryl methyl sites for hydroxylation is 2. The van der Waals surface area contributed by atoms with Gasteiger partial charge >= 0.3 is 0 Å². The van der Waals surface area contributed by atoms with E-state index in [1.807, 2.05) is 32.0 Å². The Balaban J connectivity index is 1.58. The Bertz CT molecular complexity index is 937. The number of likely N-dealkylation sites (tertiary alicyclic amines) is 1. The van der Waals surface area contributed by atoms with Gasteiger partial charge in [-0.3, -0.25) is 14.4 Å². The average molecular weight is 408 g/mol. The molecule has 2 aromatic carbocycles. The van der Waals surface area contributed by atoms with Gasteiger partial charge in [0.2, 0.25) is 11.8 Å². The summed E-state index contributed by atoms with van der Waals surface area (Å²) in [4.78, 5) is 38.9. The second-order valence-corrected chi connectivity index (χ2v) is 7.93. The summed E-state index contributed by atoms with van der Waals surface area (Å²) in [6, 6.07) is 12.7. The van der Waals surface area contributed by atoms with E-state index in [0.717, 1.165) is 29.7 Å². The first-order valence-corrected chi connectivity index (χ1v) is 10.4. The number of rotatable bonds is 7. The molecule has 0 aliphatic carbocycles. The predicted octanol–water partition coefficient (Wildman–Crippen LogP) is 4.14. The van der Waals surface area contributed by atoms with Crippen LogP contribution in [-0.2, 0) is 9.59 Å². The number of nitrogens with one attached hydrogen (secondary N) is 2. The van der Waals surface area contributed by atoms with Crippen molar-refractivity contribution in [1.82, 2.24) is 4.90 Å². The van der Waals surface area contributed by atoms with Gasteiger partial charge in [-0.05, 0) is 61.7 Å². The van der Waals surface area contributed by atoms with Crippen molar-refractivity contribution in [3.05, 3.63) is 59.2 Å². The lowest BCUT2D eigenvalue weighted by Gasteiger charge is -2.16. The minimum Gasteiger partial charge on any atom is -0.342 e. The zero-order valence-electron chi connectivity index (χ0n) is 17.8. The SMILES string of the molecule is CCCCN1CC(C(=O)Nc2ccc(C(=O)Nc3cc(C)ccc3C)cc2)CC1=O. The van der Waals surface area contributed by atoms with Crippen molar-refractivity contribution < 1.29 is 14.4 Å². The van der Waals surface area contributed by atoms with Crippen LogP contribution in [0.1, 0.15) is 47.7 Å². The minimum absolute atomic E-state index is 0.0436. The Kier molecular flexibility index (Phi) is 6.87. The molecule has 0 bridgehead atoms. The van der Waals surface area contributed by atoms with Gasteiger partial charge in [-0.2, -0.15) is 0 Å². The fourth-order valence-electron chi connectivity index (χ4n) is 3.53. The van der Waals surface area contributed by atoms with Crippen LogP contribution in [0.4, 0.5) is 11.4 Å². The molecular weight excluding hydrogens is 378 g/mol. The van der Waals surface area contributed by atoms with Crippen molar-refractivity contribution in [2.24, 2.45) is 5.92 Å². The Hall–Kier alpha value is -3.15. The van der Waals surface area contributed by atoms with Gasteiger partial charge in [0.05, 0.1) is 5.92 Å². The number of nitrogens with zero attached hydrogens (tertiary/aromatic N) is 1. The molecule has 1 saturated heterocycles. The molecule has 0 spiro atoms. The molecule has 1 atom stereocenters. The van der Waals surface area contributed by atoms with Crippen molar-refractivity contribution in [2.75, 3.05) is 23.7 Å². The molecule has 2 N–H and O–H groups in total. The number of benzene rings is 2. The monoisotopic (exact) mass is 407 g/mol. The van der Waals surface area contributed by atoms with Crippen molar-refractivity contribution in [2.45, 2.75) is 40.0 Å². The van der Waals surface area contributed by atoms with E-state index in [1.165, 1.54) is 0 Å². The third-order valence-corrected chi connectivity index (χ3v) is 5.42. The van der Waals surface area contributed by atoms with Crippen LogP contribution in [0.3, 0.4) is 0 Å². The van der Waals surface area contributed by atoms with Crippen LogP contribution in [0, 0.1) is 19.8 Å². The molecule has 1 heterocycles. The van der Waals surface area contributed by atoms with Gasteiger partial charge in [-0.25, -0.2) is 0 Å². The van der Waals surface area contributed by atoms with E-state index in [-0.39, 0.29) is 30.1 Å². The number of hydrogen-bond donors (Lipinski definition) is 2. The van der Waals surface area contributed by atoms with Crippen LogP contribution >= 0.6 is 0 Å². The molecule has 0 aromatic heterocycles. The smallest absolute Gasteiger partial charge is 0.255 e. The third-order valence-electron chi connectivity index (χ3n) is 5.42. The minimum atomic E-state index is -0.332. The van der Waals surface area contributed by atoms with Crippen molar-refractivity contribution >= 4 is 29.1 Å². The highest BCUT2D eigenvalue weighted by atomic mass is 16.2. The Labute approximate surface area is 177 Å². The lowest BCUT2D eigenvalue weighted by molar-refractivity contribution is -0.128. The molecule has 6 heteroatoms. The normalized spacial score (nSPS) is 15.9. The lowest BCUT2D eigenvalue weighted by atomic mass is 10.1. The third kappa shape index (κ3) is 5.26. The standard InChI is InChI=1S/C24H29N3O3/c1-4-5-12-27-15-19(14-22(27)28)24(30)25-20-10-8-18(9-11-20)23(29)26-21-13-16(2)6-7-17(21)3/h6-11,13,19H,4-5,12,14-15H2,1-3H3,(H,25,30)(H,26,29). The zero-order valence-corrected chi connectivity index (χ0v) is 17.8. The maximum atomic E-state index is 12.5. The summed E-state index contributed by atoms with van der Waals surface area (Å²) in [7, 11) is 0. The highest BCUT2D eigenvalue weighted by molar-refractivity contribution is 6.05. The van der Waals surface area contributed by atoms with Gasteiger partial charge in [0, 0.05) is 36.4 Å². The van der Waals surface area contributed by atoms with Crippen LogP contribution in [0.5, 0.6) is 0 Å². The molecule has 30 heavy (non-hydrogen) atoms. The summed E-state index contributed by atoms with van der Waals surface area (Å²) in [5.41, 5.74) is 3.99. The number of anilines is 2. The molecule has 1 aliphatic rings. The second kappa shape index (κ2) is 9.57. The summed E-state index contributed by atoms with van der Waals surface area (Å²) < 4.78 is 0. The summed E-state index contributed by atoms with van der Waals surface area (Å²) in [6.07, 6.45) is 2.22. The molecule has 3 amide bonds. The highest BCUT2D eigenvalue weighted by Crippen LogP contribution is 2.21. The molecule has 1 unspecified atom stereocenters. The second-order valence-electron chi connectivity index (χ2n) is 7.93. The first-order valence-electron chi connectivity index (χ1n) is 10.4. The molecule has 0 radical (unpaired) electrons. The van der Waals surface area contributed by atoms with E-state index in [2.05, 4.69) is 17.6 Å². The van der Waals surface area contributed by atoms with Gasteiger partial charge in [0.15, 0.2) is 0 Å². The zero-order chi connectivity index (χ0) is 21.7. The van der Waals surface area contributed by atoms with E-state index in [0.29, 0.717) is 24.3 Å². The maximum Gasteiger partial charge on any atom is 0.255 e. The molecule has 0 saturated carbocycles. The average Bonchev–Trinajstić information content (AvgIpc) is 3.10. The fourth-order valence-corrected chi connectivity index (χ4v) is 3.53. The molecular formula is C24H29N3O3. The summed E-state index contributed by atoms with van der Waals surface area (Å²) >= 11 is 0. The van der Waals surface area contributed by atoms with Gasteiger partial charge in [-0.1, -0.05) is 25.5 Å². The van der Waals surface area contributed by atoms with Crippen LogP contribution in [-0.4, -0.2) is 35.7 Å². The fraction of sp³-hybridized carbons (Fsp3) is 0.375. The van der Waals surface area contributed by atoms with E-state index in [4.69, 9.17) is 0 Å². The summed E-state index contributed by atoms with van der Waals surface area (Å²) in [6.45, 7) is 7.19. The van der Waals surface area contributed by atoms with E-state index in [1.54, 1.807) is 29.2 Å². The highest BCUT2D eigenvalue weighted by Gasteiger charge is 2.33. The van der Waals surface area contributed by atoms with E-state index in [9.17, 15) is 14.4 Å². The van der Waals surface area contributed by atoms with Crippen molar-refractivity contribution in [3.8, 4) is 0 Å². The summed E-state index contributed by atoms with van der Waals surface area (Å²) in [5.74, 6) is -0.645. The first kappa shape index (κ1) is 21.6. The van der Waals surface area contributed by atoms with Crippen LogP contribution < -0.4 is 10.6 Å². The first-order chi connectivity index (χ1) is 14.4. The summed E-state index contributed by atoms with van der Waals surface area (Å²) in [5, 5.41) is 5.79. The van der Waals surface area contributed by atoms with Gasteiger partial charge in [-0.15, -0.1) is 0 Å².